The molecule has 2 aromatic rings. The van der Waals surface area contributed by atoms with Gasteiger partial charge in [-0.15, -0.1) is 11.3 Å². The van der Waals surface area contributed by atoms with E-state index >= 15 is 0 Å². The van der Waals surface area contributed by atoms with E-state index in [-0.39, 0.29) is 5.91 Å². The van der Waals surface area contributed by atoms with E-state index in [1.807, 2.05) is 22.4 Å². The van der Waals surface area contributed by atoms with E-state index in [1.165, 1.54) is 21.7 Å². The Kier molecular flexibility index (Phi) is 4.30. The van der Waals surface area contributed by atoms with Crippen LogP contribution in [0.1, 0.15) is 40.6 Å². The number of piperidine rings is 1. The Balaban J connectivity index is 1.16. The molecule has 1 amide bonds. The fourth-order valence-electron chi connectivity index (χ4n) is 4.47. The van der Waals surface area contributed by atoms with Crippen molar-refractivity contribution in [3.8, 4) is 0 Å². The second-order valence-electron chi connectivity index (χ2n) is 7.61. The third kappa shape index (κ3) is 2.98. The highest BCUT2D eigenvalue weighted by atomic mass is 32.1. The van der Waals surface area contributed by atoms with E-state index in [2.05, 4.69) is 31.4 Å². The lowest BCUT2D eigenvalue weighted by molar-refractivity contribution is -0.133. The largest absolute Gasteiger partial charge is 0.337 e. The van der Waals surface area contributed by atoms with E-state index in [1.54, 1.807) is 0 Å². The molecule has 0 aliphatic carbocycles. The van der Waals surface area contributed by atoms with Gasteiger partial charge in [0.1, 0.15) is 0 Å². The van der Waals surface area contributed by atoms with E-state index in [0.29, 0.717) is 12.6 Å². The third-order valence-electron chi connectivity index (χ3n) is 6.02. The van der Waals surface area contributed by atoms with Gasteiger partial charge < -0.3 is 10.2 Å². The van der Waals surface area contributed by atoms with Crippen molar-refractivity contribution in [3.63, 3.8) is 0 Å². The first kappa shape index (κ1) is 16.5. The van der Waals surface area contributed by atoms with Crippen molar-refractivity contribution in [2.45, 2.75) is 44.9 Å². The summed E-state index contributed by atoms with van der Waals surface area (Å²) in [4.78, 5) is 18.5. The van der Waals surface area contributed by atoms with Crippen LogP contribution in [0.25, 0.3) is 0 Å². The van der Waals surface area contributed by atoms with Crippen molar-refractivity contribution < 1.29 is 4.79 Å². The molecule has 26 heavy (non-hydrogen) atoms. The molecule has 0 saturated carbocycles. The van der Waals surface area contributed by atoms with Crippen molar-refractivity contribution >= 4 is 17.2 Å². The fourth-order valence-corrected chi connectivity index (χ4v) is 5.36. The number of aromatic nitrogens is 2. The van der Waals surface area contributed by atoms with Gasteiger partial charge in [-0.2, -0.15) is 5.10 Å². The fraction of sp³-hybridized carbons (Fsp3) is 0.579. The van der Waals surface area contributed by atoms with Gasteiger partial charge in [0.2, 0.25) is 5.91 Å². The minimum Gasteiger partial charge on any atom is -0.337 e. The Morgan fingerprint density at radius 3 is 3.00 bits per heavy atom. The number of likely N-dealkylation sites (tertiary alicyclic amines) is 1. The normalized spacial score (nSPS) is 21.0. The van der Waals surface area contributed by atoms with Gasteiger partial charge in [0.15, 0.2) is 0 Å². The zero-order chi connectivity index (χ0) is 17.5. The maximum Gasteiger partial charge on any atom is 0.237 e. The molecule has 1 fully saturated rings. The highest BCUT2D eigenvalue weighted by molar-refractivity contribution is 7.10. The summed E-state index contributed by atoms with van der Waals surface area (Å²) in [7, 11) is 0. The van der Waals surface area contributed by atoms with E-state index < -0.39 is 0 Å². The predicted octanol–water partition coefficient (Wildman–Crippen LogP) is 1.77. The van der Waals surface area contributed by atoms with Crippen LogP contribution in [-0.2, 0) is 30.8 Å². The van der Waals surface area contributed by atoms with Crippen LogP contribution < -0.4 is 5.32 Å². The second kappa shape index (κ2) is 6.79. The van der Waals surface area contributed by atoms with Crippen molar-refractivity contribution in [1.29, 1.82) is 0 Å². The molecular weight excluding hydrogens is 346 g/mol. The van der Waals surface area contributed by atoms with E-state index in [0.717, 1.165) is 58.5 Å². The Hall–Kier alpha value is -1.70. The van der Waals surface area contributed by atoms with E-state index in [4.69, 9.17) is 0 Å². The molecule has 0 atom stereocenters. The van der Waals surface area contributed by atoms with Gasteiger partial charge in [-0.3, -0.25) is 14.4 Å². The van der Waals surface area contributed by atoms with Crippen molar-refractivity contribution in [3.05, 3.63) is 39.3 Å². The first-order valence-corrected chi connectivity index (χ1v) is 10.5. The monoisotopic (exact) mass is 371 g/mol. The number of fused-ring (bicyclic) bond motifs is 2. The zero-order valence-corrected chi connectivity index (χ0v) is 15.8. The molecule has 0 unspecified atom stereocenters. The third-order valence-corrected chi connectivity index (χ3v) is 7.04. The average Bonchev–Trinajstić information content (AvgIpc) is 3.38. The summed E-state index contributed by atoms with van der Waals surface area (Å²) in [6.07, 6.45) is 5.19. The van der Waals surface area contributed by atoms with Gasteiger partial charge in [-0.05, 0) is 36.3 Å². The van der Waals surface area contributed by atoms with Crippen molar-refractivity contribution in [2.75, 3.05) is 26.2 Å². The van der Waals surface area contributed by atoms with Gasteiger partial charge in [0.05, 0.1) is 24.5 Å². The van der Waals surface area contributed by atoms with Gasteiger partial charge >= 0.3 is 0 Å². The van der Waals surface area contributed by atoms with Crippen LogP contribution in [0, 0.1) is 0 Å². The lowest BCUT2D eigenvalue weighted by Gasteiger charge is -2.34. The quantitative estimate of drug-likeness (QED) is 0.894. The lowest BCUT2D eigenvalue weighted by Crippen LogP contribution is -2.45. The predicted molar refractivity (Wildman–Crippen MR) is 101 cm³/mol. The number of rotatable bonds is 3. The van der Waals surface area contributed by atoms with Crippen molar-refractivity contribution in [2.24, 2.45) is 0 Å². The minimum atomic E-state index is 0.282. The molecule has 3 aliphatic heterocycles. The van der Waals surface area contributed by atoms with Crippen LogP contribution >= 0.6 is 11.3 Å². The number of amides is 1. The van der Waals surface area contributed by atoms with Gasteiger partial charge in [0.25, 0.3) is 0 Å². The summed E-state index contributed by atoms with van der Waals surface area (Å²) in [6, 6.07) is 2.65. The Morgan fingerprint density at radius 1 is 1.23 bits per heavy atom. The highest BCUT2D eigenvalue weighted by Crippen LogP contribution is 2.27. The van der Waals surface area contributed by atoms with Crippen LogP contribution in [0.5, 0.6) is 0 Å². The van der Waals surface area contributed by atoms with Crippen LogP contribution in [0.2, 0.25) is 0 Å². The molecule has 5 heterocycles. The maximum atomic E-state index is 12.7. The smallest absolute Gasteiger partial charge is 0.237 e. The number of thiophene rings is 1. The topological polar surface area (TPSA) is 53.4 Å². The molecule has 6 nitrogen and oxygen atoms in total. The van der Waals surface area contributed by atoms with Gasteiger partial charge in [-0.1, -0.05) is 0 Å². The lowest BCUT2D eigenvalue weighted by atomic mass is 10.0. The summed E-state index contributed by atoms with van der Waals surface area (Å²) in [5.41, 5.74) is 4.05. The number of carbonyl (C=O) groups excluding carboxylic acids is 1. The zero-order valence-electron chi connectivity index (χ0n) is 15.0. The number of nitrogens with one attached hydrogen (secondary N) is 1. The molecule has 0 radical (unpaired) electrons. The summed E-state index contributed by atoms with van der Waals surface area (Å²) < 4.78 is 2.23. The second-order valence-corrected chi connectivity index (χ2v) is 8.61. The molecule has 3 aliphatic rings. The number of carbonyl (C=O) groups is 1. The SMILES string of the molecule is O=C(CN1CCC(n2ncc3c2CNC3)CC1)N1CCc2sccc2C1. The maximum absolute atomic E-state index is 12.7. The molecular formula is C19H25N5OS. The summed E-state index contributed by atoms with van der Waals surface area (Å²) in [5, 5.41) is 10.2. The summed E-state index contributed by atoms with van der Waals surface area (Å²) >= 11 is 1.82. The standard InChI is InChI=1S/C19H25N5OS/c25-19(23-7-3-18-14(12-23)4-8-26-18)13-22-5-1-16(2-6-22)24-17-11-20-9-15(17)10-21-24/h4,8,10,16,20H,1-3,5-7,9,11-13H2. The first-order valence-electron chi connectivity index (χ1n) is 9.59. The Bertz CT molecular complexity index is 805. The van der Waals surface area contributed by atoms with Crippen LogP contribution in [0.4, 0.5) is 0 Å². The molecule has 1 N–H and O–H groups in total. The average molecular weight is 372 g/mol. The molecule has 7 heteroatoms. The van der Waals surface area contributed by atoms with Crippen LogP contribution in [0.3, 0.4) is 0 Å². The molecule has 1 saturated heterocycles. The number of hydrogen-bond acceptors (Lipinski definition) is 5. The molecule has 5 rings (SSSR count). The number of nitrogens with zero attached hydrogens (tertiary/aromatic N) is 4. The minimum absolute atomic E-state index is 0.282. The molecule has 2 aromatic heterocycles. The Morgan fingerprint density at radius 2 is 2.12 bits per heavy atom. The molecule has 0 aromatic carbocycles. The Labute approximate surface area is 157 Å². The van der Waals surface area contributed by atoms with Crippen LogP contribution in [-0.4, -0.2) is 51.7 Å². The van der Waals surface area contributed by atoms with Crippen molar-refractivity contribution in [1.82, 2.24) is 24.9 Å². The van der Waals surface area contributed by atoms with E-state index in [9.17, 15) is 4.79 Å². The molecule has 0 spiro atoms. The van der Waals surface area contributed by atoms with Crippen LogP contribution in [0.15, 0.2) is 17.6 Å². The summed E-state index contributed by atoms with van der Waals surface area (Å²) in [6.45, 7) is 6.07. The van der Waals surface area contributed by atoms with Gasteiger partial charge in [0, 0.05) is 49.7 Å². The number of hydrogen-bond donors (Lipinski definition) is 1. The molecule has 138 valence electrons. The van der Waals surface area contributed by atoms with Gasteiger partial charge in [-0.25, -0.2) is 0 Å². The summed E-state index contributed by atoms with van der Waals surface area (Å²) in [5.74, 6) is 0.282. The first-order chi connectivity index (χ1) is 12.8. The highest BCUT2D eigenvalue weighted by Gasteiger charge is 2.28. The molecule has 0 bridgehead atoms.